The molecule has 1 fully saturated rings. The minimum absolute atomic E-state index is 0.0143. The Labute approximate surface area is 119 Å². The second kappa shape index (κ2) is 4.71. The van der Waals surface area contributed by atoms with E-state index in [1.165, 1.54) is 20.0 Å². The van der Waals surface area contributed by atoms with Crippen LogP contribution in [-0.4, -0.2) is 46.4 Å². The van der Waals surface area contributed by atoms with Gasteiger partial charge in [0.25, 0.3) is 10.0 Å². The number of fused-ring (bicyclic) bond motifs is 1. The lowest BCUT2D eigenvalue weighted by Gasteiger charge is -2.28. The monoisotopic (exact) mass is 321 g/mol. The Bertz CT molecular complexity index is 709. The SMILES string of the molecule is O=S(=O)(c1c(Cl)nc2sccn12)N1CCC[C@H](O)C1. The van der Waals surface area contributed by atoms with E-state index in [4.69, 9.17) is 11.6 Å². The van der Waals surface area contributed by atoms with Crippen LogP contribution in [0.3, 0.4) is 0 Å². The van der Waals surface area contributed by atoms with Gasteiger partial charge >= 0.3 is 0 Å². The summed E-state index contributed by atoms with van der Waals surface area (Å²) in [5, 5.41) is 11.3. The summed E-state index contributed by atoms with van der Waals surface area (Å²) in [7, 11) is -3.73. The molecule has 19 heavy (non-hydrogen) atoms. The van der Waals surface area contributed by atoms with E-state index in [2.05, 4.69) is 4.98 Å². The quantitative estimate of drug-likeness (QED) is 0.901. The molecular formula is C10H12ClN3O3S2. The molecule has 9 heteroatoms. The fourth-order valence-electron chi connectivity index (χ4n) is 2.23. The molecule has 0 aromatic carbocycles. The third kappa shape index (κ3) is 2.17. The third-order valence-electron chi connectivity index (χ3n) is 3.12. The van der Waals surface area contributed by atoms with Crippen LogP contribution in [0.15, 0.2) is 16.6 Å². The number of aromatic nitrogens is 2. The van der Waals surface area contributed by atoms with Crippen LogP contribution in [0.4, 0.5) is 0 Å². The third-order valence-corrected chi connectivity index (χ3v) is 6.14. The number of halogens is 1. The van der Waals surface area contributed by atoms with Crippen LogP contribution in [0.2, 0.25) is 5.15 Å². The van der Waals surface area contributed by atoms with Crippen LogP contribution in [0.1, 0.15) is 12.8 Å². The van der Waals surface area contributed by atoms with Crippen molar-refractivity contribution in [3.05, 3.63) is 16.7 Å². The second-order valence-electron chi connectivity index (χ2n) is 4.42. The summed E-state index contributed by atoms with van der Waals surface area (Å²) >= 11 is 7.28. The van der Waals surface area contributed by atoms with Crippen LogP contribution >= 0.6 is 22.9 Å². The van der Waals surface area contributed by atoms with Gasteiger partial charge in [0.2, 0.25) is 0 Å². The molecule has 104 valence electrons. The van der Waals surface area contributed by atoms with Gasteiger partial charge in [-0.3, -0.25) is 4.40 Å². The van der Waals surface area contributed by atoms with Crippen molar-refractivity contribution in [2.75, 3.05) is 13.1 Å². The molecule has 2 aromatic rings. The first-order valence-electron chi connectivity index (χ1n) is 5.79. The predicted molar refractivity (Wildman–Crippen MR) is 72.1 cm³/mol. The van der Waals surface area contributed by atoms with Gasteiger partial charge in [0, 0.05) is 24.7 Å². The summed E-state index contributed by atoms with van der Waals surface area (Å²) in [6, 6.07) is 0. The zero-order valence-corrected chi connectivity index (χ0v) is 12.2. The molecule has 0 saturated carbocycles. The molecule has 6 nitrogen and oxygen atoms in total. The summed E-state index contributed by atoms with van der Waals surface area (Å²) in [4.78, 5) is 4.57. The Hall–Kier alpha value is -0.670. The van der Waals surface area contributed by atoms with Crippen LogP contribution in [0, 0.1) is 0 Å². The van der Waals surface area contributed by atoms with Crippen LogP contribution in [0.25, 0.3) is 4.96 Å². The largest absolute Gasteiger partial charge is 0.392 e. The van der Waals surface area contributed by atoms with Gasteiger partial charge in [-0.05, 0) is 12.8 Å². The molecule has 1 N–H and O–H groups in total. The fourth-order valence-corrected chi connectivity index (χ4v) is 5.15. The molecule has 0 bridgehead atoms. The molecule has 1 saturated heterocycles. The van der Waals surface area contributed by atoms with Gasteiger partial charge in [-0.25, -0.2) is 13.4 Å². The minimum atomic E-state index is -3.73. The number of nitrogens with zero attached hydrogens (tertiary/aromatic N) is 3. The Balaban J connectivity index is 2.08. The van der Waals surface area contributed by atoms with Crippen molar-refractivity contribution in [3.8, 4) is 0 Å². The van der Waals surface area contributed by atoms with E-state index in [-0.39, 0.29) is 16.7 Å². The van der Waals surface area contributed by atoms with E-state index in [1.54, 1.807) is 11.6 Å². The van der Waals surface area contributed by atoms with Gasteiger partial charge in [-0.1, -0.05) is 11.6 Å². The zero-order chi connectivity index (χ0) is 13.6. The highest BCUT2D eigenvalue weighted by Gasteiger charge is 2.34. The number of aliphatic hydroxyl groups excluding tert-OH is 1. The number of β-amino-alcohol motifs (C(OH)–C–C–N with tert-alkyl or cyclic N) is 1. The zero-order valence-electron chi connectivity index (χ0n) is 9.86. The highest BCUT2D eigenvalue weighted by molar-refractivity contribution is 7.89. The fraction of sp³-hybridized carbons (Fsp3) is 0.500. The number of hydrogen-bond acceptors (Lipinski definition) is 5. The molecular weight excluding hydrogens is 310 g/mol. The number of imidazole rings is 1. The summed E-state index contributed by atoms with van der Waals surface area (Å²) in [5.41, 5.74) is 0. The second-order valence-corrected chi connectivity index (χ2v) is 7.51. The Kier molecular flexibility index (Phi) is 3.30. The number of rotatable bonds is 2. The van der Waals surface area contributed by atoms with Crippen molar-refractivity contribution in [2.45, 2.75) is 24.0 Å². The standard InChI is InChI=1S/C10H12ClN3O3S2/c11-8-9(14-4-5-18-10(14)12-8)19(16,17)13-3-1-2-7(15)6-13/h4-5,7,15H,1-3,6H2/t7-/m0/s1. The average Bonchev–Trinajstić information content (AvgIpc) is 2.88. The maximum Gasteiger partial charge on any atom is 0.262 e. The summed E-state index contributed by atoms with van der Waals surface area (Å²) in [6.45, 7) is 0.503. The van der Waals surface area contributed by atoms with Crippen molar-refractivity contribution in [2.24, 2.45) is 0 Å². The molecule has 1 aliphatic rings. The highest BCUT2D eigenvalue weighted by Crippen LogP contribution is 2.29. The number of aliphatic hydroxyl groups is 1. The van der Waals surface area contributed by atoms with Crippen LogP contribution in [-0.2, 0) is 10.0 Å². The van der Waals surface area contributed by atoms with Crippen LogP contribution < -0.4 is 0 Å². The first-order valence-corrected chi connectivity index (χ1v) is 8.49. The smallest absolute Gasteiger partial charge is 0.262 e. The number of thiazole rings is 1. The summed E-state index contributed by atoms with van der Waals surface area (Å²) in [5.74, 6) is 0. The topological polar surface area (TPSA) is 74.9 Å². The number of piperidine rings is 1. The van der Waals surface area contributed by atoms with Gasteiger partial charge in [0.05, 0.1) is 6.10 Å². The van der Waals surface area contributed by atoms with Crippen molar-refractivity contribution in [1.82, 2.24) is 13.7 Å². The molecule has 0 amide bonds. The Morgan fingerprint density at radius 3 is 3.05 bits per heavy atom. The minimum Gasteiger partial charge on any atom is -0.392 e. The first-order chi connectivity index (χ1) is 9.00. The highest BCUT2D eigenvalue weighted by atomic mass is 35.5. The molecule has 1 aliphatic heterocycles. The van der Waals surface area contributed by atoms with E-state index in [0.717, 1.165) is 0 Å². The number of hydrogen-bond donors (Lipinski definition) is 1. The summed E-state index contributed by atoms with van der Waals surface area (Å²) < 4.78 is 27.9. The van der Waals surface area contributed by atoms with Gasteiger partial charge in [-0.2, -0.15) is 4.31 Å². The Morgan fingerprint density at radius 2 is 2.32 bits per heavy atom. The normalized spacial score (nSPS) is 22.1. The van der Waals surface area contributed by atoms with E-state index < -0.39 is 16.1 Å². The van der Waals surface area contributed by atoms with Crippen molar-refractivity contribution in [3.63, 3.8) is 0 Å². The molecule has 3 heterocycles. The maximum absolute atomic E-state index is 12.6. The molecule has 0 aliphatic carbocycles. The van der Waals surface area contributed by atoms with Gasteiger partial charge in [0.1, 0.15) is 0 Å². The molecule has 2 aromatic heterocycles. The number of sulfonamides is 1. The molecule has 0 radical (unpaired) electrons. The summed E-state index contributed by atoms with van der Waals surface area (Å²) in [6.07, 6.45) is 2.28. The van der Waals surface area contributed by atoms with Gasteiger partial charge in [-0.15, -0.1) is 11.3 Å². The molecule has 0 spiro atoms. The van der Waals surface area contributed by atoms with E-state index >= 15 is 0 Å². The van der Waals surface area contributed by atoms with Crippen LogP contribution in [0.5, 0.6) is 0 Å². The Morgan fingerprint density at radius 1 is 1.53 bits per heavy atom. The maximum atomic E-state index is 12.6. The molecule has 3 rings (SSSR count). The first kappa shape index (κ1) is 13.3. The van der Waals surface area contributed by atoms with E-state index in [9.17, 15) is 13.5 Å². The van der Waals surface area contributed by atoms with Crippen molar-refractivity contribution >= 4 is 37.9 Å². The molecule has 1 atom stereocenters. The van der Waals surface area contributed by atoms with E-state index in [0.29, 0.717) is 24.3 Å². The molecule has 0 unspecified atom stereocenters. The average molecular weight is 322 g/mol. The predicted octanol–water partition coefficient (Wildman–Crippen LogP) is 1.19. The van der Waals surface area contributed by atoms with Crippen molar-refractivity contribution < 1.29 is 13.5 Å². The van der Waals surface area contributed by atoms with Crippen molar-refractivity contribution in [1.29, 1.82) is 0 Å². The van der Waals surface area contributed by atoms with Gasteiger partial charge in [0.15, 0.2) is 15.1 Å². The lowest BCUT2D eigenvalue weighted by atomic mass is 10.1. The van der Waals surface area contributed by atoms with E-state index in [1.807, 2.05) is 0 Å². The van der Waals surface area contributed by atoms with Gasteiger partial charge < -0.3 is 5.11 Å². The lowest BCUT2D eigenvalue weighted by Crippen LogP contribution is -2.42. The lowest BCUT2D eigenvalue weighted by molar-refractivity contribution is 0.108.